The Hall–Kier alpha value is -6.31. The van der Waals surface area contributed by atoms with Crippen LogP contribution in [0.4, 0.5) is 5.69 Å². The van der Waals surface area contributed by atoms with Crippen LogP contribution in [-0.4, -0.2) is 24.1 Å². The number of benzene rings is 5. The third-order valence-corrected chi connectivity index (χ3v) is 9.52. The van der Waals surface area contributed by atoms with Crippen LogP contribution in [0.1, 0.15) is 58.2 Å². The van der Waals surface area contributed by atoms with Crippen LogP contribution in [0.25, 0.3) is 71.7 Å². The molecule has 0 saturated heterocycles. The molecule has 50 heavy (non-hydrogen) atoms. The molecular weight excluding hydrogens is 615 g/mol. The molecular formula is C43H35N7. The zero-order chi connectivity index (χ0) is 34.9. The van der Waals surface area contributed by atoms with Crippen molar-refractivity contribution in [2.75, 3.05) is 0 Å². The number of aromatic nitrogens is 5. The molecule has 0 saturated carbocycles. The first-order valence-electron chi connectivity index (χ1n) is 16.7. The largest absolute Gasteiger partial charge is 0.278 e. The maximum Gasteiger partial charge on any atom is 0.240 e. The molecule has 0 spiro atoms. The number of fused-ring (bicyclic) bond motifs is 6. The van der Waals surface area contributed by atoms with E-state index in [0.29, 0.717) is 29.0 Å². The second kappa shape index (κ2) is 11.1. The van der Waals surface area contributed by atoms with E-state index in [1.165, 1.54) is 11.1 Å². The lowest BCUT2D eigenvalue weighted by molar-refractivity contribution is 0.569. The molecule has 5 aromatic carbocycles. The van der Waals surface area contributed by atoms with E-state index < -0.39 is 0 Å². The SMILES string of the molecule is [C-]#[N+]c1ccc2c(c1)c1ccccc1n2-c1nc(-c2cc(C(C)(C)C)cc(C(C)(C)C)c2)nc(-n2c3ccccc3c3cc(C#N)ccc32)n1. The number of nitrogens with zero attached hydrogens (tertiary/aromatic N) is 7. The zero-order valence-electron chi connectivity index (χ0n) is 28.9. The summed E-state index contributed by atoms with van der Waals surface area (Å²) >= 11 is 0. The Kier molecular flexibility index (Phi) is 6.89. The van der Waals surface area contributed by atoms with Gasteiger partial charge >= 0.3 is 0 Å². The maximum absolute atomic E-state index is 9.75. The van der Waals surface area contributed by atoms with E-state index in [-0.39, 0.29) is 10.8 Å². The van der Waals surface area contributed by atoms with E-state index >= 15 is 0 Å². The van der Waals surface area contributed by atoms with E-state index in [0.717, 1.165) is 49.2 Å². The first-order chi connectivity index (χ1) is 23.9. The Balaban J connectivity index is 1.51. The third-order valence-electron chi connectivity index (χ3n) is 9.52. The highest BCUT2D eigenvalue weighted by atomic mass is 15.3. The van der Waals surface area contributed by atoms with Crippen LogP contribution in [0, 0.1) is 17.9 Å². The van der Waals surface area contributed by atoms with Gasteiger partial charge in [0.15, 0.2) is 11.5 Å². The van der Waals surface area contributed by atoms with E-state index in [1.54, 1.807) is 0 Å². The molecule has 8 aromatic rings. The molecule has 0 amide bonds. The summed E-state index contributed by atoms with van der Waals surface area (Å²) in [6.07, 6.45) is 0. The fourth-order valence-electron chi connectivity index (χ4n) is 6.81. The second-order valence-electron chi connectivity index (χ2n) is 14.9. The van der Waals surface area contributed by atoms with E-state index in [4.69, 9.17) is 21.5 Å². The molecule has 0 bridgehead atoms. The average Bonchev–Trinajstić information content (AvgIpc) is 3.62. The lowest BCUT2D eigenvalue weighted by Crippen LogP contribution is -2.17. The van der Waals surface area contributed by atoms with Crippen molar-refractivity contribution in [1.29, 1.82) is 5.26 Å². The highest BCUT2D eigenvalue weighted by molar-refractivity contribution is 6.11. The molecule has 0 N–H and O–H groups in total. The van der Waals surface area contributed by atoms with Crippen LogP contribution < -0.4 is 0 Å². The summed E-state index contributed by atoms with van der Waals surface area (Å²) in [4.78, 5) is 19.5. The molecule has 0 radical (unpaired) electrons. The molecule has 7 heteroatoms. The smallest absolute Gasteiger partial charge is 0.240 e. The minimum atomic E-state index is -0.104. The number of para-hydroxylation sites is 2. The molecule has 242 valence electrons. The Morgan fingerprint density at radius 2 is 1.08 bits per heavy atom. The first kappa shape index (κ1) is 31.0. The Morgan fingerprint density at radius 3 is 1.60 bits per heavy atom. The predicted molar refractivity (Wildman–Crippen MR) is 202 cm³/mol. The van der Waals surface area contributed by atoms with Crippen molar-refractivity contribution in [1.82, 2.24) is 24.1 Å². The molecule has 0 atom stereocenters. The van der Waals surface area contributed by atoms with Gasteiger partial charge in [0.2, 0.25) is 11.9 Å². The van der Waals surface area contributed by atoms with Gasteiger partial charge in [0.1, 0.15) is 0 Å². The molecule has 7 nitrogen and oxygen atoms in total. The topological polar surface area (TPSA) is 76.7 Å². The minimum Gasteiger partial charge on any atom is -0.278 e. The highest BCUT2D eigenvalue weighted by Crippen LogP contribution is 2.37. The van der Waals surface area contributed by atoms with Crippen LogP contribution in [0.2, 0.25) is 0 Å². The fourth-order valence-corrected chi connectivity index (χ4v) is 6.81. The van der Waals surface area contributed by atoms with Crippen molar-refractivity contribution in [3.8, 4) is 29.4 Å². The summed E-state index contributed by atoms with van der Waals surface area (Å²) in [5.41, 5.74) is 7.95. The average molecular weight is 650 g/mol. The molecule has 0 aliphatic heterocycles. The predicted octanol–water partition coefficient (Wildman–Crippen LogP) is 10.8. The summed E-state index contributed by atoms with van der Waals surface area (Å²) in [5, 5.41) is 13.7. The summed E-state index contributed by atoms with van der Waals surface area (Å²) in [6.45, 7) is 21.0. The van der Waals surface area contributed by atoms with Gasteiger partial charge in [-0.05, 0) is 81.9 Å². The lowest BCUT2D eigenvalue weighted by Gasteiger charge is -2.26. The van der Waals surface area contributed by atoms with Crippen molar-refractivity contribution in [2.45, 2.75) is 52.4 Å². The maximum atomic E-state index is 9.75. The van der Waals surface area contributed by atoms with Crippen LogP contribution in [0.5, 0.6) is 0 Å². The van der Waals surface area contributed by atoms with Gasteiger partial charge in [-0.2, -0.15) is 20.2 Å². The van der Waals surface area contributed by atoms with Crippen LogP contribution in [-0.2, 0) is 10.8 Å². The van der Waals surface area contributed by atoms with Crippen LogP contribution in [0.15, 0.2) is 103 Å². The minimum absolute atomic E-state index is 0.104. The molecule has 0 aliphatic carbocycles. The number of hydrogen-bond acceptors (Lipinski definition) is 4. The molecule has 8 rings (SSSR count). The normalized spacial score (nSPS) is 12.2. The van der Waals surface area contributed by atoms with Gasteiger partial charge in [0.25, 0.3) is 0 Å². The second-order valence-corrected chi connectivity index (χ2v) is 14.9. The fraction of sp³-hybridized carbons (Fsp3) is 0.186. The Labute approximate surface area is 290 Å². The lowest BCUT2D eigenvalue weighted by atomic mass is 9.79. The van der Waals surface area contributed by atoms with Crippen molar-refractivity contribution in [2.24, 2.45) is 0 Å². The Bertz CT molecular complexity index is 2570. The molecule has 3 heterocycles. The van der Waals surface area contributed by atoms with Gasteiger partial charge in [-0.25, -0.2) is 4.85 Å². The molecule has 0 fully saturated rings. The summed E-state index contributed by atoms with van der Waals surface area (Å²) in [5.74, 6) is 1.51. The summed E-state index contributed by atoms with van der Waals surface area (Å²) < 4.78 is 4.15. The molecule has 0 aliphatic rings. The van der Waals surface area contributed by atoms with Crippen molar-refractivity contribution in [3.63, 3.8) is 0 Å². The zero-order valence-corrected chi connectivity index (χ0v) is 28.9. The monoisotopic (exact) mass is 649 g/mol. The third kappa shape index (κ3) is 4.98. The number of rotatable bonds is 3. The van der Waals surface area contributed by atoms with Gasteiger partial charge in [0.05, 0.1) is 40.3 Å². The van der Waals surface area contributed by atoms with Crippen molar-refractivity contribution < 1.29 is 0 Å². The number of nitriles is 1. The molecule has 3 aromatic heterocycles. The quantitative estimate of drug-likeness (QED) is 0.178. The number of hydrogen-bond donors (Lipinski definition) is 0. The van der Waals surface area contributed by atoms with Crippen molar-refractivity contribution >= 4 is 49.3 Å². The van der Waals surface area contributed by atoms with Gasteiger partial charge < -0.3 is 0 Å². The summed E-state index contributed by atoms with van der Waals surface area (Å²) in [6, 6.07) is 36.8. The van der Waals surface area contributed by atoms with Gasteiger partial charge in [-0.1, -0.05) is 90.1 Å². The first-order valence-corrected chi connectivity index (χ1v) is 16.7. The van der Waals surface area contributed by atoms with Crippen LogP contribution in [0.3, 0.4) is 0 Å². The summed E-state index contributed by atoms with van der Waals surface area (Å²) in [7, 11) is 0. The van der Waals surface area contributed by atoms with E-state index in [2.05, 4.69) is 104 Å². The molecule has 0 unspecified atom stereocenters. The Morgan fingerprint density at radius 1 is 0.580 bits per heavy atom. The van der Waals surface area contributed by atoms with Crippen LogP contribution >= 0.6 is 0 Å². The standard InChI is InChI=1S/C43H35N7/c1-42(2,3)28-21-27(22-29(23-28)43(4,5)6)39-46-40(49-35-14-10-8-12-31(35)33-20-26(25-44)16-18-37(33)49)48-41(47-39)50-36-15-11-9-13-32(36)34-24-30(45-7)17-19-38(34)50/h8-24H,1-6H3. The van der Waals surface area contributed by atoms with Crippen molar-refractivity contribution in [3.05, 3.63) is 131 Å². The highest BCUT2D eigenvalue weighted by Gasteiger charge is 2.24. The van der Waals surface area contributed by atoms with Gasteiger partial charge in [-0.15, -0.1) is 0 Å². The van der Waals surface area contributed by atoms with E-state index in [9.17, 15) is 5.26 Å². The van der Waals surface area contributed by atoms with Gasteiger partial charge in [0, 0.05) is 21.7 Å². The van der Waals surface area contributed by atoms with Gasteiger partial charge in [-0.3, -0.25) is 9.13 Å². The van der Waals surface area contributed by atoms with E-state index in [1.807, 2.05) is 60.7 Å².